The van der Waals surface area contributed by atoms with Crippen LogP contribution in [0.25, 0.3) is 5.57 Å². The summed E-state index contributed by atoms with van der Waals surface area (Å²) in [5.41, 5.74) is 0.0480. The summed E-state index contributed by atoms with van der Waals surface area (Å²) in [5, 5.41) is 49.8. The molecule has 2 aromatic carbocycles. The zero-order valence-corrected chi connectivity index (χ0v) is 12.1. The maximum atomic E-state index is 10.6. The fourth-order valence-electron chi connectivity index (χ4n) is 2.72. The van der Waals surface area contributed by atoms with Gasteiger partial charge in [-0.15, -0.1) is 0 Å². The molecule has 1 unspecified atom stereocenters. The van der Waals surface area contributed by atoms with Crippen molar-refractivity contribution < 1.29 is 39.7 Å². The maximum Gasteiger partial charge on any atom is 0.289 e. The lowest BCUT2D eigenvalue weighted by molar-refractivity contribution is 0.163. The van der Waals surface area contributed by atoms with Crippen LogP contribution in [-0.4, -0.2) is 32.3 Å². The van der Waals surface area contributed by atoms with Gasteiger partial charge in [0.15, 0.2) is 23.0 Å². The van der Waals surface area contributed by atoms with Crippen LogP contribution in [-0.2, 0) is 0 Å². The number of aromatic hydroxyl groups is 3. The Hall–Kier alpha value is -3.26. The van der Waals surface area contributed by atoms with Crippen molar-refractivity contribution in [1.82, 2.24) is 0 Å². The molecule has 0 aromatic heterocycles. The number of benzene rings is 2. The maximum absolute atomic E-state index is 10.6. The molecule has 2 aliphatic rings. The van der Waals surface area contributed by atoms with Gasteiger partial charge < -0.3 is 39.7 Å². The minimum atomic E-state index is -1.36. The first kappa shape index (κ1) is 14.3. The molecule has 8 heteroatoms. The van der Waals surface area contributed by atoms with Crippen LogP contribution in [0, 0.1) is 0 Å². The number of hydrogen-bond acceptors (Lipinski definition) is 8. The van der Waals surface area contributed by atoms with Gasteiger partial charge in [-0.3, -0.25) is 0 Å². The van der Waals surface area contributed by atoms with Crippen LogP contribution in [0.4, 0.5) is 0 Å². The second kappa shape index (κ2) is 4.87. The fraction of sp³-hybridized carbons (Fsp3) is 0.125. The average Bonchev–Trinajstić information content (AvgIpc) is 3.00. The summed E-state index contributed by atoms with van der Waals surface area (Å²) in [7, 11) is 0. The van der Waals surface area contributed by atoms with Crippen molar-refractivity contribution in [2.45, 2.75) is 6.10 Å². The van der Waals surface area contributed by atoms with E-state index in [2.05, 4.69) is 0 Å². The molecule has 0 bridgehead atoms. The second-order valence-corrected chi connectivity index (χ2v) is 5.30. The van der Waals surface area contributed by atoms with Crippen LogP contribution in [0.5, 0.6) is 34.5 Å². The molecule has 0 saturated carbocycles. The standard InChI is InChI=1S/C16H12O8/c17-8-2-1-6(14(19)15(8)20)12-13(18)7-3-10-11(23-5-22-10)4-9(7)24-16(12)21/h1-4,13,17-21H,5H2. The molecule has 1 atom stereocenters. The molecule has 0 spiro atoms. The van der Waals surface area contributed by atoms with E-state index in [4.69, 9.17) is 14.2 Å². The van der Waals surface area contributed by atoms with E-state index in [1.165, 1.54) is 18.2 Å². The minimum Gasteiger partial charge on any atom is -0.504 e. The normalized spacial score (nSPS) is 18.3. The Bertz CT molecular complexity index is 886. The van der Waals surface area contributed by atoms with Gasteiger partial charge in [0, 0.05) is 17.2 Å². The first-order valence-corrected chi connectivity index (χ1v) is 6.94. The van der Waals surface area contributed by atoms with Crippen molar-refractivity contribution in [3.63, 3.8) is 0 Å². The molecular formula is C16H12O8. The molecular weight excluding hydrogens is 320 g/mol. The lowest BCUT2D eigenvalue weighted by atomic mass is 9.92. The van der Waals surface area contributed by atoms with E-state index in [0.29, 0.717) is 17.1 Å². The average molecular weight is 332 g/mol. The molecule has 2 aliphatic heterocycles. The van der Waals surface area contributed by atoms with Gasteiger partial charge in [-0.25, -0.2) is 0 Å². The number of phenolic OH excluding ortho intramolecular Hbond substituents is 3. The van der Waals surface area contributed by atoms with Crippen molar-refractivity contribution >= 4 is 5.57 Å². The topological polar surface area (TPSA) is 129 Å². The number of phenols is 3. The Morgan fingerprint density at radius 3 is 2.33 bits per heavy atom. The lowest BCUT2D eigenvalue weighted by Gasteiger charge is -2.25. The van der Waals surface area contributed by atoms with Crippen LogP contribution in [0.1, 0.15) is 17.2 Å². The minimum absolute atomic E-state index is 0.0349. The van der Waals surface area contributed by atoms with E-state index in [9.17, 15) is 25.5 Å². The molecule has 0 radical (unpaired) electrons. The molecule has 2 aromatic rings. The Morgan fingerprint density at radius 1 is 0.875 bits per heavy atom. The van der Waals surface area contributed by atoms with Crippen molar-refractivity contribution in [3.8, 4) is 34.5 Å². The smallest absolute Gasteiger partial charge is 0.289 e. The summed E-state index contributed by atoms with van der Waals surface area (Å²) >= 11 is 0. The Morgan fingerprint density at radius 2 is 1.58 bits per heavy atom. The number of aliphatic hydroxyl groups is 2. The first-order valence-electron chi connectivity index (χ1n) is 6.94. The van der Waals surface area contributed by atoms with Crippen molar-refractivity contribution in [2.75, 3.05) is 6.79 Å². The quantitative estimate of drug-likeness (QED) is 0.501. The van der Waals surface area contributed by atoms with Crippen LogP contribution in [0.2, 0.25) is 0 Å². The van der Waals surface area contributed by atoms with E-state index < -0.39 is 29.3 Å². The van der Waals surface area contributed by atoms with Crippen LogP contribution >= 0.6 is 0 Å². The van der Waals surface area contributed by atoms with Gasteiger partial charge in [0.25, 0.3) is 5.95 Å². The lowest BCUT2D eigenvalue weighted by Crippen LogP contribution is -2.15. The molecule has 0 fully saturated rings. The largest absolute Gasteiger partial charge is 0.504 e. The number of aliphatic hydroxyl groups excluding tert-OH is 2. The van der Waals surface area contributed by atoms with Crippen molar-refractivity contribution in [1.29, 1.82) is 0 Å². The van der Waals surface area contributed by atoms with Gasteiger partial charge in [0.05, 0.1) is 5.57 Å². The molecule has 24 heavy (non-hydrogen) atoms. The highest BCUT2D eigenvalue weighted by Crippen LogP contribution is 2.50. The Kier molecular flexibility index (Phi) is 2.91. The third kappa shape index (κ3) is 1.90. The molecule has 5 N–H and O–H groups in total. The van der Waals surface area contributed by atoms with E-state index >= 15 is 0 Å². The summed E-state index contributed by atoms with van der Waals surface area (Å²) < 4.78 is 15.8. The molecule has 8 nitrogen and oxygen atoms in total. The molecule has 124 valence electrons. The predicted molar refractivity (Wildman–Crippen MR) is 79.1 cm³/mol. The van der Waals surface area contributed by atoms with Crippen LogP contribution in [0.15, 0.2) is 30.2 Å². The Labute approximate surface area is 135 Å². The van der Waals surface area contributed by atoms with Gasteiger partial charge >= 0.3 is 0 Å². The molecule has 2 heterocycles. The number of hydrogen-bond donors (Lipinski definition) is 5. The SMILES string of the molecule is OC1=C(c2ccc(O)c(O)c2O)C(O)c2cc3c(cc2O1)OCO3. The van der Waals surface area contributed by atoms with E-state index in [1.807, 2.05) is 0 Å². The van der Waals surface area contributed by atoms with E-state index in [1.54, 1.807) is 0 Å². The van der Waals surface area contributed by atoms with Crippen molar-refractivity contribution in [3.05, 3.63) is 41.3 Å². The molecule has 0 saturated heterocycles. The van der Waals surface area contributed by atoms with Gasteiger partial charge in [0.2, 0.25) is 12.5 Å². The second-order valence-electron chi connectivity index (χ2n) is 5.30. The molecule has 0 aliphatic carbocycles. The van der Waals surface area contributed by atoms with Gasteiger partial charge in [0.1, 0.15) is 11.9 Å². The fourth-order valence-corrected chi connectivity index (χ4v) is 2.72. The summed E-state index contributed by atoms with van der Waals surface area (Å²) in [6.07, 6.45) is -1.36. The summed E-state index contributed by atoms with van der Waals surface area (Å²) in [5.74, 6) is -1.63. The van der Waals surface area contributed by atoms with E-state index in [0.717, 1.165) is 6.07 Å². The van der Waals surface area contributed by atoms with Gasteiger partial charge in [-0.05, 0) is 18.2 Å². The number of fused-ring (bicyclic) bond motifs is 2. The highest BCUT2D eigenvalue weighted by molar-refractivity contribution is 5.80. The van der Waals surface area contributed by atoms with Crippen LogP contribution < -0.4 is 14.2 Å². The highest BCUT2D eigenvalue weighted by Gasteiger charge is 2.34. The predicted octanol–water partition coefficient (Wildman–Crippen LogP) is 1.88. The van der Waals surface area contributed by atoms with E-state index in [-0.39, 0.29) is 23.7 Å². The molecule has 4 rings (SSSR count). The third-order valence-corrected chi connectivity index (χ3v) is 3.93. The number of ether oxygens (including phenoxy) is 3. The third-order valence-electron chi connectivity index (χ3n) is 3.93. The number of rotatable bonds is 1. The molecule has 0 amide bonds. The monoisotopic (exact) mass is 332 g/mol. The first-order chi connectivity index (χ1) is 11.5. The van der Waals surface area contributed by atoms with Gasteiger partial charge in [-0.1, -0.05) is 0 Å². The zero-order valence-electron chi connectivity index (χ0n) is 12.1. The van der Waals surface area contributed by atoms with Crippen LogP contribution in [0.3, 0.4) is 0 Å². The zero-order chi connectivity index (χ0) is 17.0. The summed E-state index contributed by atoms with van der Waals surface area (Å²) in [4.78, 5) is 0. The summed E-state index contributed by atoms with van der Waals surface area (Å²) in [6.45, 7) is 0.0349. The van der Waals surface area contributed by atoms with Crippen molar-refractivity contribution in [2.24, 2.45) is 0 Å². The Balaban J connectivity index is 1.85. The summed E-state index contributed by atoms with van der Waals surface area (Å²) in [6, 6.07) is 5.33. The van der Waals surface area contributed by atoms with Gasteiger partial charge in [-0.2, -0.15) is 0 Å². The highest BCUT2D eigenvalue weighted by atomic mass is 16.7.